The van der Waals surface area contributed by atoms with Gasteiger partial charge < -0.3 is 9.47 Å². The molecule has 152 valence electrons. The van der Waals surface area contributed by atoms with Crippen LogP contribution < -0.4 is 9.47 Å². The van der Waals surface area contributed by atoms with Gasteiger partial charge in [0.1, 0.15) is 0 Å². The van der Waals surface area contributed by atoms with Crippen LogP contribution in [0.3, 0.4) is 0 Å². The van der Waals surface area contributed by atoms with Crippen LogP contribution in [0.25, 0.3) is 5.57 Å². The lowest BCUT2D eigenvalue weighted by Gasteiger charge is -2.31. The minimum atomic E-state index is -0.491. The van der Waals surface area contributed by atoms with Crippen LogP contribution in [0.2, 0.25) is 10.0 Å². The van der Waals surface area contributed by atoms with E-state index in [1.54, 1.807) is 12.1 Å². The second-order valence-corrected chi connectivity index (χ2v) is 7.96. The molecule has 7 heteroatoms. The number of esters is 2. The number of carbonyl (C=O) groups is 2. The Labute approximate surface area is 179 Å². The third-order valence-corrected chi connectivity index (χ3v) is 5.03. The summed E-state index contributed by atoms with van der Waals surface area (Å²) in [6.45, 7) is 2.62. The van der Waals surface area contributed by atoms with Crippen LogP contribution in [-0.2, 0) is 16.0 Å². The number of nitrogens with zero attached hydrogens (tertiary/aromatic N) is 1. The van der Waals surface area contributed by atoms with E-state index < -0.39 is 11.9 Å². The van der Waals surface area contributed by atoms with E-state index in [0.717, 1.165) is 22.3 Å². The number of likely N-dealkylation sites (N-methyl/N-ethyl adjacent to an activating group) is 1. The average molecular weight is 434 g/mol. The number of hydrogen-bond donors (Lipinski definition) is 0. The molecule has 0 heterocycles. The van der Waals surface area contributed by atoms with E-state index in [1.165, 1.54) is 13.8 Å². The van der Waals surface area contributed by atoms with Gasteiger partial charge in [-0.1, -0.05) is 35.3 Å². The predicted molar refractivity (Wildman–Crippen MR) is 114 cm³/mol. The summed E-state index contributed by atoms with van der Waals surface area (Å²) in [5.41, 5.74) is 3.62. The van der Waals surface area contributed by atoms with Crippen molar-refractivity contribution in [3.8, 4) is 11.5 Å². The smallest absolute Gasteiger partial charge is 0.308 e. The molecule has 0 aliphatic heterocycles. The lowest BCUT2D eigenvalue weighted by atomic mass is 9.84. The van der Waals surface area contributed by atoms with Crippen LogP contribution >= 0.6 is 23.2 Å². The SMILES string of the molecule is CC(=O)Oc1ccc2c(c1OC(C)=O)CC(c1cc(Cl)cc(Cl)c1)=CC2N(C)C. The zero-order chi connectivity index (χ0) is 21.3. The molecular weight excluding hydrogens is 413 g/mol. The topological polar surface area (TPSA) is 55.8 Å². The van der Waals surface area contributed by atoms with Gasteiger partial charge in [-0.2, -0.15) is 0 Å². The van der Waals surface area contributed by atoms with Crippen molar-refractivity contribution in [3.05, 3.63) is 63.1 Å². The lowest BCUT2D eigenvalue weighted by Crippen LogP contribution is -2.23. The highest BCUT2D eigenvalue weighted by atomic mass is 35.5. The monoisotopic (exact) mass is 433 g/mol. The van der Waals surface area contributed by atoms with Crippen molar-refractivity contribution in [1.29, 1.82) is 0 Å². The van der Waals surface area contributed by atoms with Gasteiger partial charge in [0.05, 0.1) is 6.04 Å². The molecule has 1 aliphatic rings. The maximum atomic E-state index is 11.8. The van der Waals surface area contributed by atoms with Gasteiger partial charge in [0.2, 0.25) is 0 Å². The largest absolute Gasteiger partial charge is 0.423 e. The molecule has 1 aliphatic carbocycles. The molecule has 3 rings (SSSR count). The molecule has 0 spiro atoms. The van der Waals surface area contributed by atoms with Gasteiger partial charge in [-0.25, -0.2) is 0 Å². The molecule has 1 unspecified atom stereocenters. The Balaban J connectivity index is 2.19. The Morgan fingerprint density at radius 2 is 1.62 bits per heavy atom. The van der Waals surface area contributed by atoms with Crippen molar-refractivity contribution in [3.63, 3.8) is 0 Å². The first kappa shape index (κ1) is 21.4. The second kappa shape index (κ2) is 8.57. The van der Waals surface area contributed by atoms with E-state index in [9.17, 15) is 9.59 Å². The fourth-order valence-electron chi connectivity index (χ4n) is 3.47. The molecule has 0 radical (unpaired) electrons. The summed E-state index contributed by atoms with van der Waals surface area (Å²) in [5.74, 6) is -0.504. The quantitative estimate of drug-likeness (QED) is 0.496. The van der Waals surface area contributed by atoms with Crippen molar-refractivity contribution < 1.29 is 19.1 Å². The lowest BCUT2D eigenvalue weighted by molar-refractivity contribution is -0.134. The average Bonchev–Trinajstić information content (AvgIpc) is 2.61. The van der Waals surface area contributed by atoms with Crippen LogP contribution in [-0.4, -0.2) is 30.9 Å². The van der Waals surface area contributed by atoms with Crippen LogP contribution in [0.5, 0.6) is 11.5 Å². The minimum Gasteiger partial charge on any atom is -0.423 e. The van der Waals surface area contributed by atoms with Crippen LogP contribution in [0.1, 0.15) is 36.6 Å². The summed E-state index contributed by atoms with van der Waals surface area (Å²) in [7, 11) is 3.93. The van der Waals surface area contributed by atoms with Gasteiger partial charge in [-0.15, -0.1) is 0 Å². The van der Waals surface area contributed by atoms with Crippen molar-refractivity contribution in [2.45, 2.75) is 26.3 Å². The zero-order valence-corrected chi connectivity index (χ0v) is 18.1. The normalized spacial score (nSPS) is 15.6. The zero-order valence-electron chi connectivity index (χ0n) is 16.6. The number of hydrogen-bond acceptors (Lipinski definition) is 5. The molecule has 0 saturated carbocycles. The summed E-state index contributed by atoms with van der Waals surface area (Å²) in [5, 5.41) is 1.07. The molecule has 0 amide bonds. The van der Waals surface area contributed by atoms with Gasteiger partial charge in [0.25, 0.3) is 0 Å². The molecular formula is C22H21Cl2NO4. The highest BCUT2D eigenvalue weighted by Gasteiger charge is 2.28. The molecule has 0 saturated heterocycles. The van der Waals surface area contributed by atoms with Gasteiger partial charge in [0.15, 0.2) is 11.5 Å². The molecule has 29 heavy (non-hydrogen) atoms. The number of rotatable bonds is 4. The first-order valence-corrected chi connectivity index (χ1v) is 9.77. The molecule has 5 nitrogen and oxygen atoms in total. The van der Waals surface area contributed by atoms with Gasteiger partial charge in [-0.3, -0.25) is 14.5 Å². The van der Waals surface area contributed by atoms with E-state index in [2.05, 4.69) is 6.08 Å². The maximum absolute atomic E-state index is 11.8. The predicted octanol–water partition coefficient (Wildman–Crippen LogP) is 5.09. The number of benzene rings is 2. The Morgan fingerprint density at radius 3 is 2.17 bits per heavy atom. The number of allylic oxidation sites excluding steroid dienone is 1. The van der Waals surface area contributed by atoms with E-state index in [0.29, 0.717) is 16.5 Å². The van der Waals surface area contributed by atoms with Crippen LogP contribution in [0, 0.1) is 0 Å². The molecule has 0 fully saturated rings. The molecule has 0 N–H and O–H groups in total. The standard InChI is InChI=1S/C22H21Cl2NO4/c1-12(26)28-21-6-5-18-19(22(21)29-13(2)27)9-15(10-20(18)25(3)4)14-7-16(23)11-17(24)8-14/h5-8,10-11,20H,9H2,1-4H3. The highest BCUT2D eigenvalue weighted by Crippen LogP contribution is 2.44. The molecule has 1 atom stereocenters. The summed E-state index contributed by atoms with van der Waals surface area (Å²) in [6.07, 6.45) is 2.60. The van der Waals surface area contributed by atoms with Gasteiger partial charge >= 0.3 is 11.9 Å². The van der Waals surface area contributed by atoms with E-state index >= 15 is 0 Å². The third-order valence-electron chi connectivity index (χ3n) is 4.59. The summed E-state index contributed by atoms with van der Waals surface area (Å²) in [6, 6.07) is 8.84. The fraction of sp³-hybridized carbons (Fsp3) is 0.273. The molecule has 2 aromatic rings. The first-order chi connectivity index (χ1) is 13.7. The Morgan fingerprint density at radius 1 is 1.00 bits per heavy atom. The van der Waals surface area contributed by atoms with Crippen LogP contribution in [0.15, 0.2) is 36.4 Å². The van der Waals surface area contributed by atoms with Crippen LogP contribution in [0.4, 0.5) is 0 Å². The summed E-state index contributed by atoms with van der Waals surface area (Å²) in [4.78, 5) is 25.4. The van der Waals surface area contributed by atoms with E-state index in [-0.39, 0.29) is 17.5 Å². The number of ether oxygens (including phenoxy) is 2. The van der Waals surface area contributed by atoms with Gasteiger partial charge in [0, 0.05) is 35.9 Å². The maximum Gasteiger partial charge on any atom is 0.308 e. The van der Waals surface area contributed by atoms with E-state index in [4.69, 9.17) is 32.7 Å². The Bertz CT molecular complexity index is 994. The number of carbonyl (C=O) groups excluding carboxylic acids is 2. The first-order valence-electron chi connectivity index (χ1n) is 9.02. The molecule has 0 bridgehead atoms. The fourth-order valence-corrected chi connectivity index (χ4v) is 3.99. The third kappa shape index (κ3) is 4.81. The van der Waals surface area contributed by atoms with E-state index in [1.807, 2.05) is 37.2 Å². The second-order valence-electron chi connectivity index (χ2n) is 7.08. The Kier molecular flexibility index (Phi) is 6.32. The van der Waals surface area contributed by atoms with Crippen molar-refractivity contribution in [1.82, 2.24) is 4.90 Å². The van der Waals surface area contributed by atoms with Crippen molar-refractivity contribution >= 4 is 40.7 Å². The molecule has 2 aromatic carbocycles. The summed E-state index contributed by atoms with van der Waals surface area (Å²) < 4.78 is 10.8. The van der Waals surface area contributed by atoms with Gasteiger partial charge in [-0.05, 0) is 55.1 Å². The Hall–Kier alpha value is -2.34. The van der Waals surface area contributed by atoms with Crippen molar-refractivity contribution in [2.24, 2.45) is 0 Å². The number of halogens is 2. The minimum absolute atomic E-state index is 0.0767. The molecule has 0 aromatic heterocycles. The summed E-state index contributed by atoms with van der Waals surface area (Å²) >= 11 is 12.4. The van der Waals surface area contributed by atoms with Crippen molar-refractivity contribution in [2.75, 3.05) is 14.1 Å². The highest BCUT2D eigenvalue weighted by molar-refractivity contribution is 6.34. The number of fused-ring (bicyclic) bond motifs is 1.